The van der Waals surface area contributed by atoms with Gasteiger partial charge in [-0.2, -0.15) is 0 Å². The van der Waals surface area contributed by atoms with Crippen LogP contribution in [0.2, 0.25) is 0 Å². The maximum Gasteiger partial charge on any atom is 0.116 e. The molecule has 1 saturated heterocycles. The maximum absolute atomic E-state index is 10.8. The van der Waals surface area contributed by atoms with E-state index in [9.17, 15) is 5.11 Å². The molecule has 5 fully saturated rings. The summed E-state index contributed by atoms with van der Waals surface area (Å²) >= 11 is 0. The second-order valence-corrected chi connectivity index (χ2v) is 7.90. The lowest BCUT2D eigenvalue weighted by Gasteiger charge is -2.58. The molecule has 5 aliphatic rings. The highest BCUT2D eigenvalue weighted by Crippen LogP contribution is 2.70. The molecule has 5 atom stereocenters. The van der Waals surface area contributed by atoms with E-state index >= 15 is 0 Å². The van der Waals surface area contributed by atoms with Gasteiger partial charge in [0, 0.05) is 12.8 Å². The van der Waals surface area contributed by atoms with E-state index in [1.54, 1.807) is 0 Å². The van der Waals surface area contributed by atoms with Gasteiger partial charge in [-0.3, -0.25) is 0 Å². The van der Waals surface area contributed by atoms with Crippen LogP contribution in [0.4, 0.5) is 0 Å². The summed E-state index contributed by atoms with van der Waals surface area (Å²) in [7, 11) is 0. The smallest absolute Gasteiger partial charge is 0.116 e. The first-order chi connectivity index (χ1) is 7.75. The fourth-order valence-electron chi connectivity index (χ4n) is 5.24. The average molecular weight is 238 g/mol. The number of aliphatic hydroxyl groups is 1. The second-order valence-electron chi connectivity index (χ2n) is 7.90. The predicted molar refractivity (Wildman–Crippen MR) is 62.7 cm³/mol. The molecular formula is C14H22O3. The normalized spacial score (nSPS) is 59.3. The van der Waals surface area contributed by atoms with Crippen LogP contribution in [0.3, 0.4) is 0 Å². The quantitative estimate of drug-likeness (QED) is 0.711. The van der Waals surface area contributed by atoms with Crippen LogP contribution in [0.15, 0.2) is 0 Å². The molecule has 1 heterocycles. The molecule has 0 radical (unpaired) electrons. The first-order valence-electron chi connectivity index (χ1n) is 6.85. The minimum absolute atomic E-state index is 0.0145. The van der Waals surface area contributed by atoms with E-state index < -0.39 is 5.60 Å². The Hall–Kier alpha value is -0.120. The van der Waals surface area contributed by atoms with Crippen LogP contribution < -0.4 is 0 Å². The van der Waals surface area contributed by atoms with Crippen molar-refractivity contribution in [1.82, 2.24) is 0 Å². The van der Waals surface area contributed by atoms with E-state index in [2.05, 4.69) is 20.8 Å². The number of hydrogen-bond acceptors (Lipinski definition) is 3. The SMILES string of the molecule is CC(C)(C)OC12CC3CC(O)(C1)C1OC1(C3)C2. The molecule has 1 spiro atoms. The molecule has 96 valence electrons. The third-order valence-corrected chi connectivity index (χ3v) is 4.97. The van der Waals surface area contributed by atoms with Gasteiger partial charge in [0.25, 0.3) is 0 Å². The van der Waals surface area contributed by atoms with E-state index in [-0.39, 0.29) is 22.9 Å². The minimum Gasteiger partial charge on any atom is -0.387 e. The van der Waals surface area contributed by atoms with Gasteiger partial charge in [0.15, 0.2) is 0 Å². The van der Waals surface area contributed by atoms with Gasteiger partial charge < -0.3 is 14.6 Å². The molecule has 0 aromatic carbocycles. The molecule has 5 rings (SSSR count). The van der Waals surface area contributed by atoms with Crippen LogP contribution in [0, 0.1) is 5.92 Å². The fraction of sp³-hybridized carbons (Fsp3) is 1.00. The lowest BCUT2D eigenvalue weighted by atomic mass is 9.52. The Morgan fingerprint density at radius 1 is 1.18 bits per heavy atom. The number of ether oxygens (including phenoxy) is 2. The lowest BCUT2D eigenvalue weighted by Crippen LogP contribution is -2.65. The third kappa shape index (κ3) is 1.33. The summed E-state index contributed by atoms with van der Waals surface area (Å²) in [6.45, 7) is 6.33. The first-order valence-corrected chi connectivity index (χ1v) is 6.85. The molecular weight excluding hydrogens is 216 g/mol. The van der Waals surface area contributed by atoms with Gasteiger partial charge >= 0.3 is 0 Å². The van der Waals surface area contributed by atoms with Crippen LogP contribution in [-0.2, 0) is 9.47 Å². The Bertz CT molecular complexity index is 383. The Morgan fingerprint density at radius 2 is 1.94 bits per heavy atom. The predicted octanol–water partition coefficient (Wildman–Crippen LogP) is 2.02. The standard InChI is InChI=1S/C14H22O3/c1-11(2,3)17-12-4-9-5-13(15,7-12)10-14(6-9,8-12)16-10/h9-10,15H,4-8H2,1-3H3. The molecule has 0 aromatic heterocycles. The van der Waals surface area contributed by atoms with Crippen molar-refractivity contribution in [3.05, 3.63) is 0 Å². The van der Waals surface area contributed by atoms with Gasteiger partial charge in [0.1, 0.15) is 11.7 Å². The molecule has 1 N–H and O–H groups in total. The van der Waals surface area contributed by atoms with Crippen molar-refractivity contribution in [3.63, 3.8) is 0 Å². The Morgan fingerprint density at radius 3 is 2.59 bits per heavy atom. The van der Waals surface area contributed by atoms with E-state index in [0.717, 1.165) is 32.1 Å². The topological polar surface area (TPSA) is 42.0 Å². The van der Waals surface area contributed by atoms with E-state index in [4.69, 9.17) is 9.47 Å². The molecule has 17 heavy (non-hydrogen) atoms. The van der Waals surface area contributed by atoms with Gasteiger partial charge in [0.05, 0.1) is 16.8 Å². The molecule has 3 nitrogen and oxygen atoms in total. The molecule has 0 aromatic rings. The van der Waals surface area contributed by atoms with Crippen LogP contribution in [0.1, 0.15) is 52.9 Å². The van der Waals surface area contributed by atoms with Crippen molar-refractivity contribution in [1.29, 1.82) is 0 Å². The molecule has 4 bridgehead atoms. The van der Waals surface area contributed by atoms with Crippen LogP contribution in [0.5, 0.6) is 0 Å². The third-order valence-electron chi connectivity index (χ3n) is 4.97. The maximum atomic E-state index is 10.8. The highest BCUT2D eigenvalue weighted by Gasteiger charge is 2.78. The van der Waals surface area contributed by atoms with Crippen molar-refractivity contribution in [2.24, 2.45) is 5.92 Å². The second kappa shape index (κ2) is 2.59. The van der Waals surface area contributed by atoms with Crippen LogP contribution >= 0.6 is 0 Å². The fourth-order valence-corrected chi connectivity index (χ4v) is 5.24. The molecule has 1 aliphatic heterocycles. The summed E-state index contributed by atoms with van der Waals surface area (Å²) in [5.74, 6) is 0.601. The molecule has 0 amide bonds. The monoisotopic (exact) mass is 238 g/mol. The molecule has 4 aliphatic carbocycles. The Labute approximate surface area is 102 Å². The lowest BCUT2D eigenvalue weighted by molar-refractivity contribution is -0.233. The molecule has 4 saturated carbocycles. The summed E-state index contributed by atoms with van der Waals surface area (Å²) in [6, 6.07) is 0. The molecule has 3 heteroatoms. The van der Waals surface area contributed by atoms with Gasteiger partial charge in [0.2, 0.25) is 0 Å². The van der Waals surface area contributed by atoms with Crippen molar-refractivity contribution in [3.8, 4) is 0 Å². The Balaban J connectivity index is 1.71. The summed E-state index contributed by atoms with van der Waals surface area (Å²) in [5.41, 5.74) is -0.867. The minimum atomic E-state index is -0.593. The summed E-state index contributed by atoms with van der Waals surface area (Å²) in [5, 5.41) is 10.8. The number of rotatable bonds is 1. The van der Waals surface area contributed by atoms with Crippen LogP contribution in [0.25, 0.3) is 0 Å². The number of hydrogen-bond donors (Lipinski definition) is 1. The largest absolute Gasteiger partial charge is 0.387 e. The van der Waals surface area contributed by atoms with Crippen molar-refractivity contribution < 1.29 is 14.6 Å². The first kappa shape index (κ1) is 10.8. The zero-order valence-corrected chi connectivity index (χ0v) is 11.0. The number of epoxide rings is 1. The van der Waals surface area contributed by atoms with Gasteiger partial charge in [-0.25, -0.2) is 0 Å². The van der Waals surface area contributed by atoms with Crippen LogP contribution in [-0.4, -0.2) is 33.6 Å². The highest BCUT2D eigenvalue weighted by atomic mass is 16.6. The van der Waals surface area contributed by atoms with E-state index in [1.165, 1.54) is 0 Å². The van der Waals surface area contributed by atoms with Gasteiger partial charge in [-0.15, -0.1) is 0 Å². The van der Waals surface area contributed by atoms with Crippen molar-refractivity contribution in [2.45, 2.75) is 81.4 Å². The summed E-state index contributed by atoms with van der Waals surface area (Å²) in [4.78, 5) is 0. The van der Waals surface area contributed by atoms with Crippen molar-refractivity contribution >= 4 is 0 Å². The highest BCUT2D eigenvalue weighted by molar-refractivity contribution is 5.28. The van der Waals surface area contributed by atoms with E-state index in [0.29, 0.717) is 5.92 Å². The van der Waals surface area contributed by atoms with Gasteiger partial charge in [-0.1, -0.05) is 0 Å². The summed E-state index contributed by atoms with van der Waals surface area (Å²) in [6.07, 6.45) is 5.08. The summed E-state index contributed by atoms with van der Waals surface area (Å²) < 4.78 is 12.3. The average Bonchev–Trinajstić information content (AvgIpc) is 2.71. The zero-order valence-electron chi connectivity index (χ0n) is 11.0. The Kier molecular flexibility index (Phi) is 1.64. The van der Waals surface area contributed by atoms with Crippen molar-refractivity contribution in [2.75, 3.05) is 0 Å². The zero-order chi connectivity index (χ0) is 12.1. The van der Waals surface area contributed by atoms with Gasteiger partial charge in [-0.05, 0) is 46.0 Å². The van der Waals surface area contributed by atoms with E-state index in [1.807, 2.05) is 0 Å². The molecule has 5 unspecified atom stereocenters.